The molecule has 0 aliphatic carbocycles. The van der Waals surface area contributed by atoms with E-state index >= 15 is 0 Å². The van der Waals surface area contributed by atoms with Gasteiger partial charge in [0.05, 0.1) is 16.6 Å². The second kappa shape index (κ2) is 6.65. The third kappa shape index (κ3) is 2.78. The predicted molar refractivity (Wildman–Crippen MR) is 113 cm³/mol. The normalized spacial score (nSPS) is 11.4. The van der Waals surface area contributed by atoms with Crippen LogP contribution in [0.4, 0.5) is 0 Å². The molecule has 0 spiro atoms. The van der Waals surface area contributed by atoms with Gasteiger partial charge >= 0.3 is 0 Å². The largest absolute Gasteiger partial charge is 0.366 e. The lowest BCUT2D eigenvalue weighted by Gasteiger charge is -2.08. The maximum Gasteiger partial charge on any atom is 0.248 e. The van der Waals surface area contributed by atoms with Crippen molar-refractivity contribution in [2.24, 2.45) is 5.73 Å². The summed E-state index contributed by atoms with van der Waals surface area (Å²) < 4.78 is 2.13. The van der Waals surface area contributed by atoms with Crippen molar-refractivity contribution in [3.63, 3.8) is 0 Å². The Bertz CT molecular complexity index is 1340. The molecule has 0 unspecified atom stereocenters. The first kappa shape index (κ1) is 16.8. The molecule has 5 rings (SSSR count). The Hall–Kier alpha value is -3.38. The predicted octanol–water partition coefficient (Wildman–Crippen LogP) is 4.43. The summed E-state index contributed by atoms with van der Waals surface area (Å²) >= 11 is 1.65. The molecule has 0 saturated carbocycles. The minimum atomic E-state index is -0.415. The zero-order chi connectivity index (χ0) is 19.1. The number of primary amides is 1. The Morgan fingerprint density at radius 2 is 1.61 bits per heavy atom. The lowest BCUT2D eigenvalue weighted by atomic mass is 10.1. The van der Waals surface area contributed by atoms with Crippen LogP contribution in [0.3, 0.4) is 0 Å². The van der Waals surface area contributed by atoms with Crippen molar-refractivity contribution >= 4 is 45.3 Å². The lowest BCUT2D eigenvalue weighted by Crippen LogP contribution is -2.10. The fraction of sp³-hybridized carbons (Fsp3) is 0.0455. The molecule has 0 aliphatic heterocycles. The van der Waals surface area contributed by atoms with E-state index in [-0.39, 0.29) is 0 Å². The number of imidazole rings is 1. The summed E-state index contributed by atoms with van der Waals surface area (Å²) in [6.45, 7) is 0. The molecule has 5 aromatic rings. The van der Waals surface area contributed by atoms with Gasteiger partial charge in [-0.05, 0) is 42.0 Å². The first-order valence-corrected chi connectivity index (χ1v) is 9.87. The Balaban J connectivity index is 1.62. The van der Waals surface area contributed by atoms with Crippen molar-refractivity contribution < 1.29 is 4.79 Å². The fourth-order valence-electron chi connectivity index (χ4n) is 3.32. The van der Waals surface area contributed by atoms with Crippen LogP contribution in [-0.4, -0.2) is 20.3 Å². The summed E-state index contributed by atoms with van der Waals surface area (Å²) in [5, 5.41) is 1.93. The number of thioether (sulfide) groups is 1. The number of nitrogens with zero attached hydrogens (tertiary/aromatic N) is 3. The highest BCUT2D eigenvalue weighted by molar-refractivity contribution is 7.98. The van der Waals surface area contributed by atoms with E-state index in [2.05, 4.69) is 16.5 Å². The number of para-hydroxylation sites is 3. The van der Waals surface area contributed by atoms with Crippen molar-refractivity contribution in [1.29, 1.82) is 0 Å². The summed E-state index contributed by atoms with van der Waals surface area (Å²) in [4.78, 5) is 21.0. The van der Waals surface area contributed by atoms with E-state index in [0.29, 0.717) is 5.56 Å². The van der Waals surface area contributed by atoms with Gasteiger partial charge in [0.2, 0.25) is 5.91 Å². The molecule has 5 nitrogen and oxygen atoms in total. The van der Waals surface area contributed by atoms with Gasteiger partial charge in [-0.3, -0.25) is 9.20 Å². The van der Waals surface area contributed by atoms with E-state index in [4.69, 9.17) is 15.7 Å². The maximum atomic E-state index is 11.3. The smallest absolute Gasteiger partial charge is 0.248 e. The molecular formula is C22H16N4OS. The number of hydrogen-bond acceptors (Lipinski definition) is 4. The van der Waals surface area contributed by atoms with Gasteiger partial charge in [-0.1, -0.05) is 48.2 Å². The number of carbonyl (C=O) groups excluding carboxylic acids is 1. The zero-order valence-corrected chi connectivity index (χ0v) is 15.7. The van der Waals surface area contributed by atoms with Crippen molar-refractivity contribution in [2.45, 2.75) is 10.9 Å². The van der Waals surface area contributed by atoms with Gasteiger partial charge in [0.15, 0.2) is 5.16 Å². The second-order valence-corrected chi connectivity index (χ2v) is 7.46. The number of hydrogen-bond donors (Lipinski definition) is 1. The quantitative estimate of drug-likeness (QED) is 0.368. The first-order valence-electron chi connectivity index (χ1n) is 8.88. The Morgan fingerprint density at radius 1 is 0.893 bits per heavy atom. The van der Waals surface area contributed by atoms with E-state index in [1.165, 1.54) is 0 Å². The number of carbonyl (C=O) groups is 1. The van der Waals surface area contributed by atoms with Gasteiger partial charge in [0, 0.05) is 16.7 Å². The highest BCUT2D eigenvalue weighted by Gasteiger charge is 2.14. The Labute approximate surface area is 165 Å². The molecule has 3 aromatic carbocycles. The number of amides is 1. The number of aromatic nitrogens is 3. The van der Waals surface area contributed by atoms with Crippen LogP contribution in [-0.2, 0) is 5.75 Å². The van der Waals surface area contributed by atoms with Gasteiger partial charge in [-0.2, -0.15) is 0 Å². The van der Waals surface area contributed by atoms with Crippen LogP contribution in [0.15, 0.2) is 78.0 Å². The third-order valence-corrected chi connectivity index (χ3v) is 5.73. The molecule has 2 N–H and O–H groups in total. The minimum absolute atomic E-state index is 0.415. The van der Waals surface area contributed by atoms with Crippen LogP contribution in [0.1, 0.15) is 15.9 Å². The molecule has 6 heteroatoms. The standard InChI is InChI=1S/C22H16N4OS/c23-20(27)15-11-9-14(10-12-15)13-28-22-25-17-6-2-1-5-16(17)21-24-18-7-3-4-8-19(18)26(21)22/h1-12H,13H2,(H2,23,27). The topological polar surface area (TPSA) is 73.3 Å². The number of fused-ring (bicyclic) bond motifs is 5. The molecule has 2 heterocycles. The van der Waals surface area contributed by atoms with E-state index in [1.807, 2.05) is 48.5 Å². The van der Waals surface area contributed by atoms with E-state index in [0.717, 1.165) is 44.1 Å². The van der Waals surface area contributed by atoms with Crippen molar-refractivity contribution in [3.8, 4) is 0 Å². The Kier molecular flexibility index (Phi) is 3.98. The number of benzene rings is 3. The van der Waals surface area contributed by atoms with E-state index in [1.54, 1.807) is 23.9 Å². The molecule has 0 radical (unpaired) electrons. The molecular weight excluding hydrogens is 368 g/mol. The molecule has 0 saturated heterocycles. The van der Waals surface area contributed by atoms with Gasteiger partial charge < -0.3 is 5.73 Å². The summed E-state index contributed by atoms with van der Waals surface area (Å²) in [7, 11) is 0. The van der Waals surface area contributed by atoms with Crippen molar-refractivity contribution in [2.75, 3.05) is 0 Å². The molecule has 2 aromatic heterocycles. The average molecular weight is 384 g/mol. The van der Waals surface area contributed by atoms with Gasteiger partial charge in [0.1, 0.15) is 5.65 Å². The number of nitrogens with two attached hydrogens (primary N) is 1. The monoisotopic (exact) mass is 384 g/mol. The van der Waals surface area contributed by atoms with E-state index < -0.39 is 5.91 Å². The second-order valence-electron chi connectivity index (χ2n) is 6.52. The highest BCUT2D eigenvalue weighted by atomic mass is 32.2. The van der Waals surface area contributed by atoms with Crippen LogP contribution in [0.2, 0.25) is 0 Å². The summed E-state index contributed by atoms with van der Waals surface area (Å²) in [6.07, 6.45) is 0. The van der Waals surface area contributed by atoms with Gasteiger partial charge in [0.25, 0.3) is 0 Å². The molecule has 0 bridgehead atoms. The Morgan fingerprint density at radius 3 is 2.39 bits per heavy atom. The summed E-state index contributed by atoms with van der Waals surface area (Å²) in [5.41, 5.74) is 10.8. The molecule has 0 aliphatic rings. The molecule has 0 fully saturated rings. The molecule has 28 heavy (non-hydrogen) atoms. The van der Waals surface area contributed by atoms with Crippen molar-refractivity contribution in [3.05, 3.63) is 83.9 Å². The summed E-state index contributed by atoms with van der Waals surface area (Å²) in [6, 6.07) is 23.5. The third-order valence-electron chi connectivity index (χ3n) is 4.72. The summed E-state index contributed by atoms with van der Waals surface area (Å²) in [5.74, 6) is 0.313. The fourth-order valence-corrected chi connectivity index (χ4v) is 4.29. The molecule has 136 valence electrons. The van der Waals surface area contributed by atoms with Gasteiger partial charge in [-0.25, -0.2) is 9.97 Å². The zero-order valence-electron chi connectivity index (χ0n) is 14.9. The van der Waals surface area contributed by atoms with Crippen LogP contribution in [0.5, 0.6) is 0 Å². The van der Waals surface area contributed by atoms with Crippen molar-refractivity contribution in [1.82, 2.24) is 14.4 Å². The lowest BCUT2D eigenvalue weighted by molar-refractivity contribution is 0.100. The van der Waals surface area contributed by atoms with E-state index in [9.17, 15) is 4.79 Å². The average Bonchev–Trinajstić information content (AvgIpc) is 3.12. The first-order chi connectivity index (χ1) is 13.7. The van der Waals surface area contributed by atoms with Crippen LogP contribution < -0.4 is 5.73 Å². The van der Waals surface area contributed by atoms with Crippen LogP contribution in [0, 0.1) is 0 Å². The highest BCUT2D eigenvalue weighted by Crippen LogP contribution is 2.30. The maximum absolute atomic E-state index is 11.3. The van der Waals surface area contributed by atoms with Gasteiger partial charge in [-0.15, -0.1) is 0 Å². The SMILES string of the molecule is NC(=O)c1ccc(CSc2nc3ccccc3c3nc4ccccc4n23)cc1. The molecule has 1 amide bonds. The van der Waals surface area contributed by atoms with Crippen LogP contribution >= 0.6 is 11.8 Å². The molecule has 0 atom stereocenters. The number of rotatable bonds is 4. The van der Waals surface area contributed by atoms with Crippen LogP contribution in [0.25, 0.3) is 27.6 Å². The minimum Gasteiger partial charge on any atom is -0.366 e.